The van der Waals surface area contributed by atoms with Gasteiger partial charge in [0.25, 0.3) is 0 Å². The molecule has 6 rings (SSSR count). The van der Waals surface area contributed by atoms with Crippen molar-refractivity contribution in [1.82, 2.24) is 30.5 Å². The summed E-state index contributed by atoms with van der Waals surface area (Å²) in [5.41, 5.74) is 8.35. The second-order valence-electron chi connectivity index (χ2n) is 7.69. The van der Waals surface area contributed by atoms with E-state index in [-0.39, 0.29) is 5.82 Å². The van der Waals surface area contributed by atoms with E-state index < -0.39 is 0 Å². The molecule has 0 saturated heterocycles. The van der Waals surface area contributed by atoms with Gasteiger partial charge in [0, 0.05) is 23.7 Å². The van der Waals surface area contributed by atoms with E-state index in [0.29, 0.717) is 0 Å². The van der Waals surface area contributed by atoms with E-state index >= 15 is 0 Å². The van der Waals surface area contributed by atoms with Crippen LogP contribution in [0.3, 0.4) is 0 Å². The van der Waals surface area contributed by atoms with E-state index in [4.69, 9.17) is 4.98 Å². The first-order valence-electron chi connectivity index (χ1n) is 10.2. The van der Waals surface area contributed by atoms with Gasteiger partial charge in [-0.25, -0.2) is 9.37 Å². The summed E-state index contributed by atoms with van der Waals surface area (Å²) in [6.45, 7) is 1.83. The molecule has 1 aromatic carbocycles. The molecule has 0 bridgehead atoms. The largest absolute Gasteiger partial charge is 0.352 e. The first-order chi connectivity index (χ1) is 15.3. The zero-order valence-electron chi connectivity index (χ0n) is 16.6. The van der Waals surface area contributed by atoms with Crippen LogP contribution in [0.4, 0.5) is 4.39 Å². The number of fused-ring (bicyclic) bond motifs is 2. The predicted molar refractivity (Wildman–Crippen MR) is 120 cm³/mol. The van der Waals surface area contributed by atoms with Crippen LogP contribution in [0.5, 0.6) is 0 Å². The van der Waals surface area contributed by atoms with Gasteiger partial charge >= 0.3 is 0 Å². The van der Waals surface area contributed by atoms with Crippen molar-refractivity contribution in [2.75, 3.05) is 13.1 Å². The molecule has 7 heteroatoms. The Labute approximate surface area is 177 Å². The van der Waals surface area contributed by atoms with Gasteiger partial charge in [-0.05, 0) is 54.4 Å². The molecule has 31 heavy (non-hydrogen) atoms. The number of aromatic nitrogens is 5. The molecule has 1 aliphatic heterocycles. The van der Waals surface area contributed by atoms with Crippen molar-refractivity contribution in [3.8, 4) is 22.5 Å². The summed E-state index contributed by atoms with van der Waals surface area (Å²) >= 11 is 0. The van der Waals surface area contributed by atoms with Gasteiger partial charge in [0.15, 0.2) is 0 Å². The first kappa shape index (κ1) is 18.0. The lowest BCUT2D eigenvalue weighted by Crippen LogP contribution is -2.20. The van der Waals surface area contributed by atoms with Crippen LogP contribution in [-0.4, -0.2) is 38.2 Å². The van der Waals surface area contributed by atoms with Gasteiger partial charge in [0.1, 0.15) is 17.0 Å². The molecule has 5 heterocycles. The van der Waals surface area contributed by atoms with Gasteiger partial charge in [-0.15, -0.1) is 0 Å². The predicted octanol–water partition coefficient (Wildman–Crippen LogP) is 4.68. The minimum Gasteiger partial charge on any atom is -0.352 e. The highest BCUT2D eigenvalue weighted by Crippen LogP contribution is 2.33. The summed E-state index contributed by atoms with van der Waals surface area (Å²) in [5.74, 6) is -0.257. The standard InChI is InChI=1S/C24H19FN6/c25-16-3-1-14(2-4-16)18-12-27-13-22-17(18)11-21(28-22)24-23-20(30-31-24)6-5-19(29-23)15-7-9-26-10-8-15/h1-7,11-13,26,28H,8-10H2,(H,30,31). The molecule has 0 aliphatic carbocycles. The van der Waals surface area contributed by atoms with E-state index in [1.54, 1.807) is 24.5 Å². The van der Waals surface area contributed by atoms with Crippen LogP contribution in [0, 0.1) is 5.82 Å². The average Bonchev–Trinajstić information content (AvgIpc) is 3.43. The Morgan fingerprint density at radius 2 is 1.87 bits per heavy atom. The smallest absolute Gasteiger partial charge is 0.135 e. The van der Waals surface area contributed by atoms with Gasteiger partial charge in [-0.2, -0.15) is 5.10 Å². The van der Waals surface area contributed by atoms with Crippen LogP contribution < -0.4 is 5.32 Å². The normalized spacial score (nSPS) is 14.3. The Hall–Kier alpha value is -3.84. The van der Waals surface area contributed by atoms with Crippen molar-refractivity contribution in [2.45, 2.75) is 6.42 Å². The summed E-state index contributed by atoms with van der Waals surface area (Å²) < 4.78 is 13.4. The average molecular weight is 410 g/mol. The second-order valence-corrected chi connectivity index (χ2v) is 7.69. The van der Waals surface area contributed by atoms with Crippen LogP contribution in [-0.2, 0) is 0 Å². The number of aromatic amines is 2. The van der Waals surface area contributed by atoms with Crippen LogP contribution in [0.25, 0.3) is 50.0 Å². The van der Waals surface area contributed by atoms with Gasteiger partial charge in [0.2, 0.25) is 0 Å². The number of hydrogen-bond acceptors (Lipinski definition) is 4. The summed E-state index contributed by atoms with van der Waals surface area (Å²) in [4.78, 5) is 12.7. The molecule has 0 saturated carbocycles. The third-order valence-corrected chi connectivity index (χ3v) is 5.76. The third-order valence-electron chi connectivity index (χ3n) is 5.76. The number of hydrogen-bond donors (Lipinski definition) is 3. The maximum absolute atomic E-state index is 13.4. The van der Waals surface area contributed by atoms with Gasteiger partial charge < -0.3 is 10.3 Å². The maximum Gasteiger partial charge on any atom is 0.135 e. The minimum atomic E-state index is -0.257. The highest BCUT2D eigenvalue weighted by molar-refractivity contribution is 5.99. The SMILES string of the molecule is Fc1ccc(-c2cncc3[nH]c(-c4n[nH]c5ccc(C6=CCNCC6)nc45)cc23)cc1. The van der Waals surface area contributed by atoms with E-state index in [9.17, 15) is 4.39 Å². The molecule has 152 valence electrons. The number of nitrogens with one attached hydrogen (secondary N) is 3. The van der Waals surface area contributed by atoms with Crippen molar-refractivity contribution in [1.29, 1.82) is 0 Å². The molecule has 6 nitrogen and oxygen atoms in total. The quantitative estimate of drug-likeness (QED) is 0.403. The molecule has 3 N–H and O–H groups in total. The molecule has 4 aromatic heterocycles. The van der Waals surface area contributed by atoms with E-state index in [1.807, 2.05) is 12.1 Å². The summed E-state index contributed by atoms with van der Waals surface area (Å²) in [6, 6.07) is 12.6. The van der Waals surface area contributed by atoms with E-state index in [1.165, 1.54) is 17.7 Å². The number of benzene rings is 1. The zero-order valence-corrected chi connectivity index (χ0v) is 16.6. The maximum atomic E-state index is 13.4. The highest BCUT2D eigenvalue weighted by atomic mass is 19.1. The van der Waals surface area contributed by atoms with Crippen LogP contribution in [0.15, 0.2) is 60.9 Å². The topological polar surface area (TPSA) is 82.3 Å². The number of pyridine rings is 2. The highest BCUT2D eigenvalue weighted by Gasteiger charge is 2.16. The number of H-pyrrole nitrogens is 2. The van der Waals surface area contributed by atoms with Crippen molar-refractivity contribution in [3.63, 3.8) is 0 Å². The first-order valence-corrected chi connectivity index (χ1v) is 10.2. The van der Waals surface area contributed by atoms with E-state index in [0.717, 1.165) is 69.7 Å². The number of halogens is 1. The Morgan fingerprint density at radius 1 is 0.968 bits per heavy atom. The number of rotatable bonds is 3. The van der Waals surface area contributed by atoms with Gasteiger partial charge in [-0.1, -0.05) is 18.2 Å². The fraction of sp³-hybridized carbons (Fsp3) is 0.125. The molecule has 0 spiro atoms. The molecule has 0 unspecified atom stereocenters. The fourth-order valence-corrected chi connectivity index (χ4v) is 4.16. The van der Waals surface area contributed by atoms with Crippen LogP contribution >= 0.6 is 0 Å². The second kappa shape index (κ2) is 7.14. The zero-order chi connectivity index (χ0) is 20.8. The van der Waals surface area contributed by atoms with Crippen molar-refractivity contribution in [2.24, 2.45) is 0 Å². The van der Waals surface area contributed by atoms with Crippen LogP contribution in [0.2, 0.25) is 0 Å². The van der Waals surface area contributed by atoms with Crippen LogP contribution in [0.1, 0.15) is 12.1 Å². The fourth-order valence-electron chi connectivity index (χ4n) is 4.16. The van der Waals surface area contributed by atoms with Crippen molar-refractivity contribution < 1.29 is 4.39 Å². The Kier molecular flexibility index (Phi) is 4.14. The van der Waals surface area contributed by atoms with Crippen molar-refractivity contribution in [3.05, 3.63) is 72.4 Å². The third kappa shape index (κ3) is 3.10. The molecule has 5 aromatic rings. The van der Waals surface area contributed by atoms with Gasteiger partial charge in [-0.3, -0.25) is 10.1 Å². The lowest BCUT2D eigenvalue weighted by molar-refractivity contribution is 0.628. The van der Waals surface area contributed by atoms with E-state index in [2.05, 4.69) is 37.6 Å². The summed E-state index contributed by atoms with van der Waals surface area (Å²) in [6.07, 6.45) is 6.75. The monoisotopic (exact) mass is 410 g/mol. The summed E-state index contributed by atoms with van der Waals surface area (Å²) in [7, 11) is 0. The summed E-state index contributed by atoms with van der Waals surface area (Å²) in [5, 5.41) is 12.0. The molecule has 0 amide bonds. The minimum absolute atomic E-state index is 0.257. The molecule has 0 atom stereocenters. The van der Waals surface area contributed by atoms with Gasteiger partial charge in [0.05, 0.1) is 28.6 Å². The number of nitrogens with zero attached hydrogens (tertiary/aromatic N) is 3. The molecule has 1 aliphatic rings. The van der Waals surface area contributed by atoms with Crippen molar-refractivity contribution >= 4 is 27.5 Å². The lowest BCUT2D eigenvalue weighted by Gasteiger charge is -2.13. The molecular formula is C24H19FN6. The molecule has 0 fully saturated rings. The molecular weight excluding hydrogens is 391 g/mol. The Bertz CT molecular complexity index is 1440. The Morgan fingerprint density at radius 3 is 2.71 bits per heavy atom. The lowest BCUT2D eigenvalue weighted by atomic mass is 10.0. The Balaban J connectivity index is 1.48. The molecule has 0 radical (unpaired) electrons.